The first kappa shape index (κ1) is 9.29. The average Bonchev–Trinajstić information content (AvgIpc) is 2.09. The van der Waals surface area contributed by atoms with Gasteiger partial charge in [0.25, 0.3) is 0 Å². The van der Waals surface area contributed by atoms with Crippen molar-refractivity contribution in [2.24, 2.45) is 0 Å². The number of hydrogen-bond acceptors (Lipinski definition) is 2. The molecule has 0 heterocycles. The van der Waals surface area contributed by atoms with Gasteiger partial charge in [-0.3, -0.25) is 0 Å². The molecule has 0 aliphatic carbocycles. The monoisotopic (exact) mass is 189 g/mol. The summed E-state index contributed by atoms with van der Waals surface area (Å²) in [6, 6.07) is 5.76. The Hall–Kier alpha value is -0.800. The van der Waals surface area contributed by atoms with Crippen LogP contribution in [0, 0.1) is 5.82 Å². The zero-order chi connectivity index (χ0) is 8.97. The zero-order valence-electron chi connectivity index (χ0n) is 6.30. The maximum absolute atomic E-state index is 12.4. The Morgan fingerprint density at radius 1 is 1.42 bits per heavy atom. The number of benzene rings is 1. The van der Waals surface area contributed by atoms with E-state index in [9.17, 15) is 4.39 Å². The first-order valence-electron chi connectivity index (χ1n) is 3.49. The van der Waals surface area contributed by atoms with Crippen molar-refractivity contribution in [3.8, 4) is 0 Å². The van der Waals surface area contributed by atoms with Crippen molar-refractivity contribution >= 4 is 17.3 Å². The molecule has 66 valence electrons. The second-order valence-corrected chi connectivity index (χ2v) is 2.83. The summed E-state index contributed by atoms with van der Waals surface area (Å²) in [5.74, 6) is -0.296. The van der Waals surface area contributed by atoms with Crippen molar-refractivity contribution in [3.63, 3.8) is 0 Å². The fourth-order valence-electron chi connectivity index (χ4n) is 0.773. The molecule has 1 aromatic carbocycles. The maximum Gasteiger partial charge on any atom is 0.125 e. The van der Waals surface area contributed by atoms with Gasteiger partial charge in [-0.15, -0.1) is 0 Å². The molecule has 1 atom stereocenters. The van der Waals surface area contributed by atoms with Crippen LogP contribution in [-0.2, 0) is 0 Å². The summed E-state index contributed by atoms with van der Waals surface area (Å²) in [6.07, 6.45) is 0. The van der Waals surface area contributed by atoms with Crippen LogP contribution in [0.25, 0.3) is 0 Å². The minimum atomic E-state index is -0.532. The van der Waals surface area contributed by atoms with E-state index in [1.165, 1.54) is 12.1 Å². The summed E-state index contributed by atoms with van der Waals surface area (Å²) in [5.41, 5.74) is 0.154. The van der Waals surface area contributed by atoms with E-state index in [4.69, 9.17) is 16.7 Å². The summed E-state index contributed by atoms with van der Waals surface area (Å²) in [6.45, 7) is -0.168. The SMILES string of the molecule is OCC(Cl)Nc1ccc(F)cc1. The van der Waals surface area contributed by atoms with E-state index in [0.29, 0.717) is 5.69 Å². The predicted molar refractivity (Wildman–Crippen MR) is 46.7 cm³/mol. The third-order valence-corrected chi connectivity index (χ3v) is 1.57. The van der Waals surface area contributed by atoms with E-state index in [0.717, 1.165) is 0 Å². The van der Waals surface area contributed by atoms with Crippen molar-refractivity contribution in [3.05, 3.63) is 30.1 Å². The molecule has 0 amide bonds. The van der Waals surface area contributed by atoms with Crippen LogP contribution >= 0.6 is 11.6 Å². The lowest BCUT2D eigenvalue weighted by atomic mass is 10.3. The largest absolute Gasteiger partial charge is 0.393 e. The van der Waals surface area contributed by atoms with Crippen molar-refractivity contribution in [1.29, 1.82) is 0 Å². The molecule has 0 radical (unpaired) electrons. The number of aliphatic hydroxyl groups is 1. The standard InChI is InChI=1S/C8H9ClFNO/c9-8(5-12)11-7-3-1-6(10)2-4-7/h1-4,8,11-12H,5H2. The van der Waals surface area contributed by atoms with Crippen LogP contribution < -0.4 is 5.32 Å². The number of rotatable bonds is 3. The molecule has 12 heavy (non-hydrogen) atoms. The number of hydrogen-bond donors (Lipinski definition) is 2. The predicted octanol–water partition coefficient (Wildman–Crippen LogP) is 1.79. The molecular weight excluding hydrogens is 181 g/mol. The molecule has 1 rings (SSSR count). The van der Waals surface area contributed by atoms with Crippen molar-refractivity contribution in [2.45, 2.75) is 5.50 Å². The van der Waals surface area contributed by atoms with Crippen molar-refractivity contribution in [2.75, 3.05) is 11.9 Å². The molecule has 2 N–H and O–H groups in total. The summed E-state index contributed by atoms with van der Waals surface area (Å²) in [4.78, 5) is 0. The molecule has 4 heteroatoms. The van der Waals surface area contributed by atoms with Gasteiger partial charge in [0.15, 0.2) is 0 Å². The lowest BCUT2D eigenvalue weighted by molar-refractivity contribution is 0.300. The average molecular weight is 190 g/mol. The molecule has 1 aromatic rings. The Morgan fingerprint density at radius 2 is 2.00 bits per heavy atom. The third-order valence-electron chi connectivity index (χ3n) is 1.33. The van der Waals surface area contributed by atoms with Crippen LogP contribution in [0.4, 0.5) is 10.1 Å². The van der Waals surface area contributed by atoms with Gasteiger partial charge in [-0.25, -0.2) is 4.39 Å². The molecule has 0 aliphatic heterocycles. The quantitative estimate of drug-likeness (QED) is 0.562. The minimum absolute atomic E-state index is 0.168. The molecule has 0 saturated heterocycles. The highest BCUT2D eigenvalue weighted by Crippen LogP contribution is 2.10. The zero-order valence-corrected chi connectivity index (χ0v) is 7.05. The van der Waals surface area contributed by atoms with Gasteiger partial charge in [-0.2, -0.15) is 0 Å². The Labute approximate surface area is 75.0 Å². The number of aliphatic hydroxyl groups excluding tert-OH is 1. The van der Waals surface area contributed by atoms with Crippen LogP contribution in [0.2, 0.25) is 0 Å². The smallest absolute Gasteiger partial charge is 0.125 e. The second-order valence-electron chi connectivity index (χ2n) is 2.30. The first-order chi connectivity index (χ1) is 5.72. The molecule has 0 spiro atoms. The highest BCUT2D eigenvalue weighted by atomic mass is 35.5. The van der Waals surface area contributed by atoms with Gasteiger partial charge in [0.1, 0.15) is 11.3 Å². The molecule has 0 aromatic heterocycles. The topological polar surface area (TPSA) is 32.3 Å². The minimum Gasteiger partial charge on any atom is -0.393 e. The Balaban J connectivity index is 2.58. The van der Waals surface area contributed by atoms with Gasteiger partial charge in [0.2, 0.25) is 0 Å². The Kier molecular flexibility index (Phi) is 3.31. The highest BCUT2D eigenvalue weighted by Gasteiger charge is 2.00. The van der Waals surface area contributed by atoms with Crippen LogP contribution in [0.3, 0.4) is 0 Å². The Bertz CT molecular complexity index is 239. The molecule has 0 fully saturated rings. The van der Waals surface area contributed by atoms with E-state index in [1.54, 1.807) is 12.1 Å². The van der Waals surface area contributed by atoms with Crippen LogP contribution in [0.1, 0.15) is 0 Å². The van der Waals surface area contributed by atoms with Crippen LogP contribution in [-0.4, -0.2) is 17.2 Å². The van der Waals surface area contributed by atoms with Gasteiger partial charge in [-0.05, 0) is 24.3 Å². The van der Waals surface area contributed by atoms with Gasteiger partial charge >= 0.3 is 0 Å². The number of anilines is 1. The second kappa shape index (κ2) is 4.28. The van der Waals surface area contributed by atoms with E-state index in [2.05, 4.69) is 5.32 Å². The van der Waals surface area contributed by atoms with Crippen LogP contribution in [0.5, 0.6) is 0 Å². The van der Waals surface area contributed by atoms with Crippen molar-refractivity contribution in [1.82, 2.24) is 0 Å². The molecule has 0 saturated carbocycles. The lowest BCUT2D eigenvalue weighted by Crippen LogP contribution is -2.16. The molecule has 2 nitrogen and oxygen atoms in total. The fourth-order valence-corrected chi connectivity index (χ4v) is 0.899. The third kappa shape index (κ3) is 2.68. The molecule has 0 aliphatic rings. The van der Waals surface area contributed by atoms with Crippen molar-refractivity contribution < 1.29 is 9.50 Å². The fraction of sp³-hybridized carbons (Fsp3) is 0.250. The van der Waals surface area contributed by atoms with Gasteiger partial charge in [-0.1, -0.05) is 11.6 Å². The highest BCUT2D eigenvalue weighted by molar-refractivity contribution is 6.21. The van der Waals surface area contributed by atoms with Gasteiger partial charge in [0, 0.05) is 5.69 Å². The number of nitrogens with one attached hydrogen (secondary N) is 1. The summed E-state index contributed by atoms with van der Waals surface area (Å²) in [7, 11) is 0. The van der Waals surface area contributed by atoms with Gasteiger partial charge in [0.05, 0.1) is 6.61 Å². The van der Waals surface area contributed by atoms with E-state index < -0.39 is 5.50 Å². The lowest BCUT2D eigenvalue weighted by Gasteiger charge is -2.09. The first-order valence-corrected chi connectivity index (χ1v) is 3.93. The normalized spacial score (nSPS) is 12.6. The van der Waals surface area contributed by atoms with E-state index in [-0.39, 0.29) is 12.4 Å². The molecular formula is C8H9ClFNO. The summed E-state index contributed by atoms with van der Waals surface area (Å²) < 4.78 is 12.4. The molecule has 0 bridgehead atoms. The number of halogens is 2. The van der Waals surface area contributed by atoms with E-state index >= 15 is 0 Å². The molecule has 1 unspecified atom stereocenters. The van der Waals surface area contributed by atoms with Gasteiger partial charge < -0.3 is 10.4 Å². The maximum atomic E-state index is 12.4. The summed E-state index contributed by atoms with van der Waals surface area (Å²) >= 11 is 5.58. The van der Waals surface area contributed by atoms with E-state index in [1.807, 2.05) is 0 Å². The Morgan fingerprint density at radius 3 is 2.50 bits per heavy atom. The van der Waals surface area contributed by atoms with Crippen LogP contribution in [0.15, 0.2) is 24.3 Å². The summed E-state index contributed by atoms with van der Waals surface area (Å²) in [5, 5.41) is 11.3. The number of alkyl halides is 1.